The zero-order chi connectivity index (χ0) is 19.8. The first-order valence-corrected chi connectivity index (χ1v) is 9.66. The molecule has 2 heterocycles. The van der Waals surface area contributed by atoms with Crippen LogP contribution in [0.4, 0.5) is 4.79 Å². The molecule has 1 aliphatic heterocycles. The van der Waals surface area contributed by atoms with Crippen molar-refractivity contribution in [3.8, 4) is 0 Å². The Balaban J connectivity index is 1.77. The number of hydrogen-bond donors (Lipinski definition) is 2. The highest BCUT2D eigenvalue weighted by atomic mass is 79.9. The number of benzene rings is 1. The zero-order valence-electron chi connectivity index (χ0n) is 15.7. The van der Waals surface area contributed by atoms with E-state index < -0.39 is 17.6 Å². The molecule has 27 heavy (non-hydrogen) atoms. The van der Waals surface area contributed by atoms with Crippen LogP contribution in [0, 0.1) is 0 Å². The Morgan fingerprint density at radius 1 is 1.22 bits per heavy atom. The number of hydrogen-bond acceptors (Lipinski definition) is 4. The van der Waals surface area contributed by atoms with Gasteiger partial charge in [0.2, 0.25) is 0 Å². The lowest BCUT2D eigenvalue weighted by Crippen LogP contribution is -2.51. The van der Waals surface area contributed by atoms with Gasteiger partial charge in [-0.2, -0.15) is 0 Å². The van der Waals surface area contributed by atoms with Gasteiger partial charge in [0.05, 0.1) is 0 Å². The van der Waals surface area contributed by atoms with Crippen molar-refractivity contribution in [3.05, 3.63) is 34.4 Å². The van der Waals surface area contributed by atoms with Crippen molar-refractivity contribution in [2.45, 2.75) is 32.4 Å². The summed E-state index contributed by atoms with van der Waals surface area (Å²) in [6.45, 7) is 7.30. The summed E-state index contributed by atoms with van der Waals surface area (Å²) in [5.41, 5.74) is 1.08. The van der Waals surface area contributed by atoms with Gasteiger partial charge in [0.15, 0.2) is 0 Å². The van der Waals surface area contributed by atoms with Crippen LogP contribution in [0.5, 0.6) is 0 Å². The van der Waals surface area contributed by atoms with E-state index in [1.54, 1.807) is 11.1 Å². The molecule has 1 amide bonds. The predicted octanol–water partition coefficient (Wildman–Crippen LogP) is 3.61. The summed E-state index contributed by atoms with van der Waals surface area (Å²) in [5, 5.41) is 10.8. The van der Waals surface area contributed by atoms with Gasteiger partial charge in [0.25, 0.3) is 0 Å². The number of rotatable bonds is 3. The minimum atomic E-state index is -0.901. The maximum Gasteiger partial charge on any atom is 0.410 e. The Labute approximate surface area is 166 Å². The average Bonchev–Trinajstić information content (AvgIpc) is 2.97. The lowest BCUT2D eigenvalue weighted by molar-refractivity contribution is -0.144. The molecule has 146 valence electrons. The first kappa shape index (κ1) is 19.7. The number of nitrogens with one attached hydrogen (secondary N) is 1. The number of aromatic nitrogens is 1. The second-order valence-corrected chi connectivity index (χ2v) is 8.59. The lowest BCUT2D eigenvalue weighted by Gasteiger charge is -2.38. The molecule has 1 aromatic carbocycles. The van der Waals surface area contributed by atoms with Crippen molar-refractivity contribution in [3.63, 3.8) is 0 Å². The molecule has 0 spiro atoms. The van der Waals surface area contributed by atoms with E-state index >= 15 is 0 Å². The molecule has 1 aliphatic rings. The SMILES string of the molecule is CC(C)(C)OC(=O)N1CCN([C@H](C(=O)O)c2c[nH]c3ccc(Br)cc23)CC1. The van der Waals surface area contributed by atoms with Crippen LogP contribution in [0.3, 0.4) is 0 Å². The summed E-state index contributed by atoms with van der Waals surface area (Å²) >= 11 is 3.45. The van der Waals surface area contributed by atoms with Crippen LogP contribution in [0.15, 0.2) is 28.9 Å². The fourth-order valence-corrected chi connectivity index (χ4v) is 3.68. The van der Waals surface area contributed by atoms with Crippen LogP contribution in [0.25, 0.3) is 10.9 Å². The van der Waals surface area contributed by atoms with E-state index in [0.717, 1.165) is 20.9 Å². The molecule has 1 fully saturated rings. The molecule has 7 nitrogen and oxygen atoms in total. The van der Waals surface area contributed by atoms with Gasteiger partial charge in [-0.1, -0.05) is 15.9 Å². The van der Waals surface area contributed by atoms with E-state index in [0.29, 0.717) is 26.2 Å². The molecule has 1 saturated heterocycles. The van der Waals surface area contributed by atoms with Crippen LogP contribution in [0.1, 0.15) is 32.4 Å². The number of carboxylic acids is 1. The average molecular weight is 438 g/mol. The lowest BCUT2D eigenvalue weighted by atomic mass is 10.0. The summed E-state index contributed by atoms with van der Waals surface area (Å²) in [4.78, 5) is 31.0. The maximum absolute atomic E-state index is 12.2. The van der Waals surface area contributed by atoms with Gasteiger partial charge >= 0.3 is 12.1 Å². The number of carboxylic acid groups (broad SMARTS) is 1. The molecule has 1 atom stereocenters. The highest BCUT2D eigenvalue weighted by Gasteiger charge is 2.34. The van der Waals surface area contributed by atoms with E-state index in [-0.39, 0.29) is 6.09 Å². The van der Waals surface area contributed by atoms with E-state index in [2.05, 4.69) is 20.9 Å². The van der Waals surface area contributed by atoms with Gasteiger partial charge in [0, 0.05) is 53.3 Å². The van der Waals surface area contributed by atoms with E-state index in [1.165, 1.54) is 0 Å². The molecule has 8 heteroatoms. The van der Waals surface area contributed by atoms with E-state index in [4.69, 9.17) is 4.74 Å². The number of ether oxygens (including phenoxy) is 1. The van der Waals surface area contributed by atoms with Gasteiger partial charge in [-0.05, 0) is 39.0 Å². The number of halogens is 1. The molecular formula is C19H24BrN3O4. The second-order valence-electron chi connectivity index (χ2n) is 7.68. The zero-order valence-corrected chi connectivity index (χ0v) is 17.2. The topological polar surface area (TPSA) is 85.9 Å². The Morgan fingerprint density at radius 3 is 2.48 bits per heavy atom. The molecule has 0 bridgehead atoms. The van der Waals surface area contributed by atoms with Gasteiger partial charge in [-0.3, -0.25) is 9.69 Å². The maximum atomic E-state index is 12.2. The molecule has 3 rings (SSSR count). The predicted molar refractivity (Wildman–Crippen MR) is 106 cm³/mol. The number of nitrogens with zero attached hydrogens (tertiary/aromatic N) is 2. The normalized spacial score (nSPS) is 17.1. The number of piperazine rings is 1. The number of fused-ring (bicyclic) bond motifs is 1. The van der Waals surface area contributed by atoms with Gasteiger partial charge < -0.3 is 19.7 Å². The number of aromatic amines is 1. The number of carbonyl (C=O) groups excluding carboxylic acids is 1. The molecule has 0 radical (unpaired) electrons. The summed E-state index contributed by atoms with van der Waals surface area (Å²) in [5.74, 6) is -0.901. The Morgan fingerprint density at radius 2 is 1.89 bits per heavy atom. The van der Waals surface area contributed by atoms with Crippen molar-refractivity contribution >= 4 is 38.9 Å². The van der Waals surface area contributed by atoms with Gasteiger partial charge in [0.1, 0.15) is 11.6 Å². The monoisotopic (exact) mass is 437 g/mol. The largest absolute Gasteiger partial charge is 0.480 e. The fourth-order valence-electron chi connectivity index (χ4n) is 3.32. The Kier molecular flexibility index (Phi) is 5.48. The number of H-pyrrole nitrogens is 1. The van der Waals surface area contributed by atoms with Crippen molar-refractivity contribution in [1.29, 1.82) is 0 Å². The molecule has 2 N–H and O–H groups in total. The van der Waals surface area contributed by atoms with Crippen LogP contribution >= 0.6 is 15.9 Å². The van der Waals surface area contributed by atoms with Crippen LogP contribution in [-0.4, -0.2) is 63.7 Å². The first-order chi connectivity index (χ1) is 12.7. The summed E-state index contributed by atoms with van der Waals surface area (Å²) in [6, 6.07) is 4.99. The van der Waals surface area contributed by atoms with Gasteiger partial charge in [-0.15, -0.1) is 0 Å². The molecule has 2 aromatic rings. The third kappa shape index (κ3) is 4.44. The summed E-state index contributed by atoms with van der Waals surface area (Å²) in [7, 11) is 0. The molecular weight excluding hydrogens is 414 g/mol. The number of carbonyl (C=O) groups is 2. The standard InChI is InChI=1S/C19H24BrN3O4/c1-19(2,3)27-18(26)23-8-6-22(7-9-23)16(17(24)25)14-11-21-15-5-4-12(20)10-13(14)15/h4-5,10-11,16,21H,6-9H2,1-3H3,(H,24,25)/t16-/m0/s1. The highest BCUT2D eigenvalue weighted by molar-refractivity contribution is 9.10. The van der Waals surface area contributed by atoms with Gasteiger partial charge in [-0.25, -0.2) is 4.79 Å². The van der Waals surface area contributed by atoms with E-state index in [9.17, 15) is 14.7 Å². The summed E-state index contributed by atoms with van der Waals surface area (Å²) in [6.07, 6.45) is 1.40. The van der Waals surface area contributed by atoms with Crippen molar-refractivity contribution in [2.24, 2.45) is 0 Å². The smallest absolute Gasteiger partial charge is 0.410 e. The second kappa shape index (κ2) is 7.52. The Hall–Kier alpha value is -2.06. The number of aliphatic carboxylic acids is 1. The van der Waals surface area contributed by atoms with Crippen molar-refractivity contribution < 1.29 is 19.4 Å². The third-order valence-electron chi connectivity index (χ3n) is 4.54. The highest BCUT2D eigenvalue weighted by Crippen LogP contribution is 2.31. The number of amides is 1. The fraction of sp³-hybridized carbons (Fsp3) is 0.474. The van der Waals surface area contributed by atoms with Crippen LogP contribution in [0.2, 0.25) is 0 Å². The van der Waals surface area contributed by atoms with Crippen molar-refractivity contribution in [2.75, 3.05) is 26.2 Å². The van der Waals surface area contributed by atoms with E-state index in [1.807, 2.05) is 43.9 Å². The van der Waals surface area contributed by atoms with Crippen LogP contribution in [-0.2, 0) is 9.53 Å². The minimum absolute atomic E-state index is 0.356. The quantitative estimate of drug-likeness (QED) is 0.765. The molecule has 0 aliphatic carbocycles. The molecule has 0 saturated carbocycles. The molecule has 0 unspecified atom stereocenters. The summed E-state index contributed by atoms with van der Waals surface area (Å²) < 4.78 is 6.30. The molecule has 1 aromatic heterocycles. The first-order valence-electron chi connectivity index (χ1n) is 8.87. The minimum Gasteiger partial charge on any atom is -0.480 e. The Bertz CT molecular complexity index is 850. The van der Waals surface area contributed by atoms with Crippen LogP contribution < -0.4 is 0 Å². The van der Waals surface area contributed by atoms with Crippen molar-refractivity contribution in [1.82, 2.24) is 14.8 Å². The third-order valence-corrected chi connectivity index (χ3v) is 5.03.